The average molecular weight is 238 g/mol. The largest absolute Gasteiger partial charge is 0.380 e. The van der Waals surface area contributed by atoms with Gasteiger partial charge in [-0.15, -0.1) is 0 Å². The third-order valence-corrected chi connectivity index (χ3v) is 4.59. The Balaban J connectivity index is 1.37. The van der Waals surface area contributed by atoms with Crippen LogP contribution in [0.4, 0.5) is 0 Å². The van der Waals surface area contributed by atoms with Crippen molar-refractivity contribution < 1.29 is 4.74 Å². The summed E-state index contributed by atoms with van der Waals surface area (Å²) in [5, 5.41) is 3.72. The lowest BCUT2D eigenvalue weighted by Gasteiger charge is -2.42. The molecule has 98 valence electrons. The second-order valence-electron chi connectivity index (χ2n) is 6.41. The Kier molecular flexibility index (Phi) is 3.42. The molecule has 0 aromatic rings. The van der Waals surface area contributed by atoms with Crippen LogP contribution in [0.15, 0.2) is 0 Å². The molecule has 1 atom stereocenters. The maximum atomic E-state index is 5.74. The minimum Gasteiger partial charge on any atom is -0.380 e. The quantitative estimate of drug-likeness (QED) is 0.710. The van der Waals surface area contributed by atoms with Crippen molar-refractivity contribution in [1.82, 2.24) is 10.2 Å². The Labute approximate surface area is 105 Å². The minimum absolute atomic E-state index is 0.384. The van der Waals surface area contributed by atoms with Crippen molar-refractivity contribution >= 4 is 0 Å². The summed E-state index contributed by atoms with van der Waals surface area (Å²) < 4.78 is 5.74. The Morgan fingerprint density at radius 3 is 2.82 bits per heavy atom. The van der Waals surface area contributed by atoms with Crippen molar-refractivity contribution in [2.24, 2.45) is 11.8 Å². The van der Waals surface area contributed by atoms with E-state index in [1.54, 1.807) is 0 Å². The molecule has 0 radical (unpaired) electrons. The molecule has 17 heavy (non-hydrogen) atoms. The summed E-state index contributed by atoms with van der Waals surface area (Å²) in [4.78, 5) is 2.59. The summed E-state index contributed by atoms with van der Waals surface area (Å²) >= 11 is 0. The van der Waals surface area contributed by atoms with Gasteiger partial charge in [0.2, 0.25) is 0 Å². The standard InChI is InChI=1S/C14H26N2O/c1-14(13-4-5-13)11-16(7-6-15-14)8-9-17-10-12-2-3-12/h12-13,15H,2-11H2,1H3. The summed E-state index contributed by atoms with van der Waals surface area (Å²) in [5.41, 5.74) is 0.384. The van der Waals surface area contributed by atoms with Crippen LogP contribution in [0.25, 0.3) is 0 Å². The van der Waals surface area contributed by atoms with Gasteiger partial charge in [-0.3, -0.25) is 4.90 Å². The molecule has 1 aliphatic heterocycles. The van der Waals surface area contributed by atoms with Crippen molar-refractivity contribution in [3.05, 3.63) is 0 Å². The van der Waals surface area contributed by atoms with Crippen molar-refractivity contribution in [3.8, 4) is 0 Å². The molecule has 3 fully saturated rings. The van der Waals surface area contributed by atoms with Crippen molar-refractivity contribution in [1.29, 1.82) is 0 Å². The number of rotatable bonds is 6. The molecule has 1 N–H and O–H groups in total. The van der Waals surface area contributed by atoms with E-state index in [1.165, 1.54) is 38.8 Å². The van der Waals surface area contributed by atoms with Gasteiger partial charge in [0.1, 0.15) is 0 Å². The lowest BCUT2D eigenvalue weighted by atomic mass is 9.93. The molecule has 1 saturated heterocycles. The van der Waals surface area contributed by atoms with E-state index in [1.807, 2.05) is 0 Å². The molecule has 2 aliphatic carbocycles. The fourth-order valence-electron chi connectivity index (χ4n) is 3.01. The van der Waals surface area contributed by atoms with Crippen LogP contribution in [0.2, 0.25) is 0 Å². The zero-order valence-electron chi connectivity index (χ0n) is 11.1. The maximum absolute atomic E-state index is 5.74. The highest BCUT2D eigenvalue weighted by Gasteiger charge is 2.43. The van der Waals surface area contributed by atoms with Crippen molar-refractivity contribution in [2.75, 3.05) is 39.4 Å². The van der Waals surface area contributed by atoms with E-state index in [9.17, 15) is 0 Å². The Morgan fingerprint density at radius 2 is 2.12 bits per heavy atom. The van der Waals surface area contributed by atoms with Gasteiger partial charge >= 0.3 is 0 Å². The van der Waals surface area contributed by atoms with Gasteiger partial charge in [0.15, 0.2) is 0 Å². The summed E-state index contributed by atoms with van der Waals surface area (Å²) in [7, 11) is 0. The number of nitrogens with zero attached hydrogens (tertiary/aromatic N) is 1. The predicted octanol–water partition coefficient (Wildman–Crippen LogP) is 1.49. The molecule has 1 heterocycles. The second-order valence-corrected chi connectivity index (χ2v) is 6.41. The van der Waals surface area contributed by atoms with Crippen LogP contribution in [-0.4, -0.2) is 49.8 Å². The number of ether oxygens (including phenoxy) is 1. The maximum Gasteiger partial charge on any atom is 0.0593 e. The molecule has 3 nitrogen and oxygen atoms in total. The predicted molar refractivity (Wildman–Crippen MR) is 69.1 cm³/mol. The lowest BCUT2D eigenvalue weighted by molar-refractivity contribution is 0.0667. The van der Waals surface area contributed by atoms with E-state index < -0.39 is 0 Å². The van der Waals surface area contributed by atoms with E-state index in [0.717, 1.165) is 38.1 Å². The fourth-order valence-corrected chi connectivity index (χ4v) is 3.01. The zero-order valence-corrected chi connectivity index (χ0v) is 11.1. The van der Waals surface area contributed by atoms with Gasteiger partial charge in [0.25, 0.3) is 0 Å². The van der Waals surface area contributed by atoms with Gasteiger partial charge in [-0.1, -0.05) is 0 Å². The van der Waals surface area contributed by atoms with Crippen LogP contribution >= 0.6 is 0 Å². The molecule has 2 saturated carbocycles. The first kappa shape index (κ1) is 11.9. The van der Waals surface area contributed by atoms with E-state index in [4.69, 9.17) is 4.74 Å². The molecule has 0 bridgehead atoms. The summed E-state index contributed by atoms with van der Waals surface area (Å²) in [6.45, 7) is 9.01. The molecule has 0 spiro atoms. The highest BCUT2D eigenvalue weighted by molar-refractivity contribution is 5.01. The third-order valence-electron chi connectivity index (χ3n) is 4.59. The monoisotopic (exact) mass is 238 g/mol. The Bertz CT molecular complexity index is 263. The molecule has 0 amide bonds. The average Bonchev–Trinajstić information content (AvgIpc) is 3.18. The third kappa shape index (κ3) is 3.21. The number of nitrogens with one attached hydrogen (secondary N) is 1. The minimum atomic E-state index is 0.384. The summed E-state index contributed by atoms with van der Waals surface area (Å²) in [6, 6.07) is 0. The first-order valence-corrected chi connectivity index (χ1v) is 7.31. The fraction of sp³-hybridized carbons (Fsp3) is 1.00. The molecular formula is C14H26N2O. The Morgan fingerprint density at radius 1 is 1.29 bits per heavy atom. The molecule has 0 aromatic carbocycles. The van der Waals surface area contributed by atoms with Gasteiger partial charge in [-0.2, -0.15) is 0 Å². The highest BCUT2D eigenvalue weighted by Crippen LogP contribution is 2.40. The Hall–Kier alpha value is -0.120. The lowest BCUT2D eigenvalue weighted by Crippen LogP contribution is -2.60. The normalized spacial score (nSPS) is 35.1. The van der Waals surface area contributed by atoms with Gasteiger partial charge in [-0.25, -0.2) is 0 Å². The summed E-state index contributed by atoms with van der Waals surface area (Å²) in [6.07, 6.45) is 5.64. The smallest absolute Gasteiger partial charge is 0.0593 e. The van der Waals surface area contributed by atoms with E-state index in [0.29, 0.717) is 5.54 Å². The highest BCUT2D eigenvalue weighted by atomic mass is 16.5. The SMILES string of the molecule is CC1(C2CC2)CN(CCOCC2CC2)CCN1. The number of piperazine rings is 1. The van der Waals surface area contributed by atoms with Gasteiger partial charge in [-0.05, 0) is 44.4 Å². The number of hydrogen-bond acceptors (Lipinski definition) is 3. The molecular weight excluding hydrogens is 212 g/mol. The molecule has 1 unspecified atom stereocenters. The molecule has 3 aliphatic rings. The van der Waals surface area contributed by atoms with E-state index >= 15 is 0 Å². The first-order chi connectivity index (χ1) is 8.26. The van der Waals surface area contributed by atoms with Crippen LogP contribution in [-0.2, 0) is 4.74 Å². The van der Waals surface area contributed by atoms with Crippen molar-refractivity contribution in [3.63, 3.8) is 0 Å². The molecule has 3 rings (SSSR count). The molecule has 3 heteroatoms. The van der Waals surface area contributed by atoms with E-state index in [2.05, 4.69) is 17.1 Å². The van der Waals surface area contributed by atoms with Crippen LogP contribution in [0.5, 0.6) is 0 Å². The zero-order chi connectivity index (χ0) is 11.7. The molecule has 0 aromatic heterocycles. The van der Waals surface area contributed by atoms with Crippen LogP contribution in [0.1, 0.15) is 32.6 Å². The van der Waals surface area contributed by atoms with Crippen molar-refractivity contribution in [2.45, 2.75) is 38.1 Å². The van der Waals surface area contributed by atoms with E-state index in [-0.39, 0.29) is 0 Å². The van der Waals surface area contributed by atoms with Gasteiger partial charge in [0.05, 0.1) is 6.61 Å². The van der Waals surface area contributed by atoms with Gasteiger partial charge in [0, 0.05) is 38.3 Å². The topological polar surface area (TPSA) is 24.5 Å². The van der Waals surface area contributed by atoms with Crippen LogP contribution < -0.4 is 5.32 Å². The summed E-state index contributed by atoms with van der Waals surface area (Å²) in [5.74, 6) is 1.83. The van der Waals surface area contributed by atoms with Gasteiger partial charge < -0.3 is 10.1 Å². The number of hydrogen-bond donors (Lipinski definition) is 1. The van der Waals surface area contributed by atoms with Crippen LogP contribution in [0.3, 0.4) is 0 Å². The van der Waals surface area contributed by atoms with Crippen LogP contribution in [0, 0.1) is 11.8 Å². The first-order valence-electron chi connectivity index (χ1n) is 7.31. The second kappa shape index (κ2) is 4.87.